The van der Waals surface area contributed by atoms with Gasteiger partial charge in [0.05, 0.1) is 12.1 Å². The fraction of sp³-hybridized carbons (Fsp3) is 0.222. The van der Waals surface area contributed by atoms with Crippen molar-refractivity contribution in [1.82, 2.24) is 14.8 Å². The first-order chi connectivity index (χ1) is 12.5. The smallest absolute Gasteiger partial charge is 0.306 e. The summed E-state index contributed by atoms with van der Waals surface area (Å²) in [6.45, 7) is 4.12. The van der Waals surface area contributed by atoms with Crippen LogP contribution >= 0.6 is 22.9 Å². The van der Waals surface area contributed by atoms with Crippen LogP contribution in [0.15, 0.2) is 35.6 Å². The van der Waals surface area contributed by atoms with E-state index in [1.54, 1.807) is 17.7 Å². The van der Waals surface area contributed by atoms with Crippen molar-refractivity contribution in [3.8, 4) is 5.00 Å². The molecule has 8 heteroatoms. The number of rotatable bonds is 3. The maximum Gasteiger partial charge on any atom is 0.306 e. The molecule has 26 heavy (non-hydrogen) atoms. The summed E-state index contributed by atoms with van der Waals surface area (Å²) in [6.07, 6.45) is 1.47. The third-order valence-electron chi connectivity index (χ3n) is 4.47. The van der Waals surface area contributed by atoms with E-state index in [0.717, 1.165) is 27.4 Å². The molecule has 0 amide bonds. The maximum atomic E-state index is 11.4. The number of thiophene rings is 1. The van der Waals surface area contributed by atoms with Gasteiger partial charge >= 0.3 is 5.97 Å². The first-order valence-electron chi connectivity index (χ1n) is 8.02. The van der Waals surface area contributed by atoms with Gasteiger partial charge in [-0.25, -0.2) is 0 Å². The number of hydrogen-bond donors (Lipinski definition) is 1. The molecule has 2 aromatic heterocycles. The molecule has 1 unspecified atom stereocenters. The van der Waals surface area contributed by atoms with Gasteiger partial charge in [0.1, 0.15) is 17.4 Å². The first-order valence-corrected chi connectivity index (χ1v) is 9.21. The summed E-state index contributed by atoms with van der Waals surface area (Å²) in [4.78, 5) is 17.4. The quantitative estimate of drug-likeness (QED) is 0.738. The van der Waals surface area contributed by atoms with E-state index in [-0.39, 0.29) is 6.42 Å². The zero-order valence-electron chi connectivity index (χ0n) is 14.1. The predicted octanol–water partition coefficient (Wildman–Crippen LogP) is 3.97. The van der Waals surface area contributed by atoms with Gasteiger partial charge in [0.15, 0.2) is 5.82 Å². The second-order valence-electron chi connectivity index (χ2n) is 6.12. The van der Waals surface area contributed by atoms with E-state index in [0.29, 0.717) is 10.8 Å². The Hall–Kier alpha value is -2.51. The van der Waals surface area contributed by atoms with Gasteiger partial charge in [-0.2, -0.15) is 0 Å². The summed E-state index contributed by atoms with van der Waals surface area (Å²) in [7, 11) is 0. The minimum atomic E-state index is -0.929. The number of aliphatic imine (C=N–C) groups is 1. The molecule has 0 fully saturated rings. The molecule has 0 aliphatic carbocycles. The normalized spacial score (nSPS) is 15.8. The van der Waals surface area contributed by atoms with Gasteiger partial charge in [0.25, 0.3) is 0 Å². The van der Waals surface area contributed by atoms with E-state index in [9.17, 15) is 9.90 Å². The number of aryl methyl sites for hydroxylation is 1. The van der Waals surface area contributed by atoms with Crippen LogP contribution in [0.3, 0.4) is 0 Å². The SMILES string of the molecule is Cc1sc2c(c1C)C(c1ccc(Cl)cc1)=NC(CC(=O)O)c1nncn1-2. The van der Waals surface area contributed by atoms with Gasteiger partial charge in [-0.1, -0.05) is 23.7 Å². The Balaban J connectivity index is 2.00. The number of carboxylic acid groups (broad SMARTS) is 1. The van der Waals surface area contributed by atoms with Crippen LogP contribution in [0, 0.1) is 13.8 Å². The molecule has 132 valence electrons. The molecule has 3 aromatic rings. The average molecular weight is 387 g/mol. The van der Waals surface area contributed by atoms with E-state index in [1.807, 2.05) is 28.8 Å². The van der Waals surface area contributed by atoms with E-state index >= 15 is 0 Å². The highest BCUT2D eigenvalue weighted by atomic mass is 35.5. The minimum Gasteiger partial charge on any atom is -0.481 e. The minimum absolute atomic E-state index is 0.150. The lowest BCUT2D eigenvalue weighted by Gasteiger charge is -2.10. The maximum absolute atomic E-state index is 11.4. The zero-order chi connectivity index (χ0) is 18.4. The molecule has 1 aliphatic rings. The molecular formula is C18H15ClN4O2S. The van der Waals surface area contributed by atoms with Crippen molar-refractivity contribution in [2.24, 2.45) is 4.99 Å². The van der Waals surface area contributed by atoms with Crippen molar-refractivity contribution in [3.63, 3.8) is 0 Å². The summed E-state index contributed by atoms with van der Waals surface area (Å²) in [5.41, 5.74) is 3.76. The summed E-state index contributed by atoms with van der Waals surface area (Å²) < 4.78 is 1.86. The Labute approximate surface area is 158 Å². The summed E-state index contributed by atoms with van der Waals surface area (Å²) in [5, 5.41) is 19.1. The van der Waals surface area contributed by atoms with Crippen molar-refractivity contribution < 1.29 is 9.90 Å². The molecule has 1 aromatic carbocycles. The van der Waals surface area contributed by atoms with Crippen molar-refractivity contribution in [3.05, 3.63) is 63.0 Å². The topological polar surface area (TPSA) is 80.4 Å². The van der Waals surface area contributed by atoms with Crippen molar-refractivity contribution in [2.75, 3.05) is 0 Å². The van der Waals surface area contributed by atoms with Crippen LogP contribution in [-0.2, 0) is 4.79 Å². The second kappa shape index (κ2) is 6.34. The molecular weight excluding hydrogens is 372 g/mol. The Bertz CT molecular complexity index is 1040. The lowest BCUT2D eigenvalue weighted by Crippen LogP contribution is -2.10. The summed E-state index contributed by atoms with van der Waals surface area (Å²) in [5.74, 6) is -0.388. The van der Waals surface area contributed by atoms with Crippen molar-refractivity contribution in [2.45, 2.75) is 26.3 Å². The number of fused-ring (bicyclic) bond motifs is 3. The highest BCUT2D eigenvalue weighted by Crippen LogP contribution is 2.38. The fourth-order valence-corrected chi connectivity index (χ4v) is 4.35. The molecule has 0 saturated carbocycles. The number of nitrogens with zero attached hydrogens (tertiary/aromatic N) is 4. The standard InChI is InChI=1S/C18H15ClN4O2S/c1-9-10(2)26-18-15(9)16(11-3-5-12(19)6-4-11)21-13(7-14(24)25)17-22-20-8-23(17)18/h3-6,8,13H,7H2,1-2H3,(H,24,25). The molecule has 0 saturated heterocycles. The van der Waals surface area contributed by atoms with E-state index < -0.39 is 12.0 Å². The van der Waals surface area contributed by atoms with Crippen LogP contribution < -0.4 is 0 Å². The summed E-state index contributed by atoms with van der Waals surface area (Å²) >= 11 is 7.66. The Morgan fingerprint density at radius 3 is 2.73 bits per heavy atom. The van der Waals surface area contributed by atoms with Gasteiger partial charge < -0.3 is 5.11 Å². The molecule has 0 radical (unpaired) electrons. The monoisotopic (exact) mass is 386 g/mol. The van der Waals surface area contributed by atoms with Gasteiger partial charge in [0.2, 0.25) is 0 Å². The number of halogens is 1. The van der Waals surface area contributed by atoms with E-state index in [1.165, 1.54) is 4.88 Å². The van der Waals surface area contributed by atoms with Crippen LogP contribution in [0.25, 0.3) is 5.00 Å². The third-order valence-corrected chi connectivity index (χ3v) is 5.92. The van der Waals surface area contributed by atoms with E-state index in [4.69, 9.17) is 16.6 Å². The van der Waals surface area contributed by atoms with Crippen LogP contribution in [0.5, 0.6) is 0 Å². The third kappa shape index (κ3) is 2.73. The van der Waals surface area contributed by atoms with Crippen LogP contribution in [-0.4, -0.2) is 31.6 Å². The molecule has 1 aliphatic heterocycles. The second-order valence-corrected chi connectivity index (χ2v) is 7.76. The zero-order valence-corrected chi connectivity index (χ0v) is 15.7. The fourth-order valence-electron chi connectivity index (χ4n) is 3.09. The van der Waals surface area contributed by atoms with Crippen LogP contribution in [0.4, 0.5) is 0 Å². The lowest BCUT2D eigenvalue weighted by atomic mass is 10.00. The lowest BCUT2D eigenvalue weighted by molar-refractivity contribution is -0.137. The average Bonchev–Trinajstić information content (AvgIpc) is 3.15. The van der Waals surface area contributed by atoms with Gasteiger partial charge in [-0.15, -0.1) is 21.5 Å². The number of aliphatic carboxylic acids is 1. The number of carbonyl (C=O) groups is 1. The number of carboxylic acids is 1. The summed E-state index contributed by atoms with van der Waals surface area (Å²) in [6, 6.07) is 6.82. The number of hydrogen-bond acceptors (Lipinski definition) is 5. The molecule has 3 heterocycles. The highest BCUT2D eigenvalue weighted by Gasteiger charge is 2.30. The molecule has 1 N–H and O–H groups in total. The van der Waals surface area contributed by atoms with Crippen molar-refractivity contribution >= 4 is 34.6 Å². The Morgan fingerprint density at radius 1 is 1.31 bits per heavy atom. The molecule has 4 rings (SSSR count). The Kier molecular flexibility index (Phi) is 4.13. The largest absolute Gasteiger partial charge is 0.481 e. The Morgan fingerprint density at radius 2 is 2.04 bits per heavy atom. The van der Waals surface area contributed by atoms with Gasteiger partial charge in [-0.3, -0.25) is 14.4 Å². The highest BCUT2D eigenvalue weighted by molar-refractivity contribution is 7.15. The molecule has 0 bridgehead atoms. The van der Waals surface area contributed by atoms with E-state index in [2.05, 4.69) is 24.0 Å². The van der Waals surface area contributed by atoms with Crippen LogP contribution in [0.1, 0.15) is 39.9 Å². The van der Waals surface area contributed by atoms with Gasteiger partial charge in [0, 0.05) is 21.0 Å². The number of benzene rings is 1. The van der Waals surface area contributed by atoms with Gasteiger partial charge in [-0.05, 0) is 31.5 Å². The first kappa shape index (κ1) is 16.9. The molecule has 0 spiro atoms. The number of aromatic nitrogens is 3. The van der Waals surface area contributed by atoms with Crippen LogP contribution in [0.2, 0.25) is 5.02 Å². The van der Waals surface area contributed by atoms with Crippen molar-refractivity contribution in [1.29, 1.82) is 0 Å². The molecule has 6 nitrogen and oxygen atoms in total. The predicted molar refractivity (Wildman–Crippen MR) is 101 cm³/mol. The molecule has 1 atom stereocenters.